The number of hydrogen-bond acceptors (Lipinski definition) is 12. The lowest BCUT2D eigenvalue weighted by Gasteiger charge is -2.38. The minimum atomic E-state index is -1.91. The van der Waals surface area contributed by atoms with Gasteiger partial charge in [-0.25, -0.2) is 0 Å². The number of ether oxygens (including phenoxy) is 4. The Balaban J connectivity index is 1.99. The minimum absolute atomic E-state index is 0.00667. The first-order chi connectivity index (χ1) is 27.3. The minimum Gasteiger partial charge on any atom is -0.507 e. The molecule has 5 rings (SSSR count). The fourth-order valence-electron chi connectivity index (χ4n) is 7.95. The number of hydrogen-bond donors (Lipinski definition) is 5. The number of unbranched alkanes of at least 4 members (excludes halogenated alkanes) is 2. The number of aliphatic hydroxyl groups is 2. The number of allylic oxidation sites excluding steroid dienone is 2. The standard InChI is InChI=1S/C45H64N2O11/c1-12-14-20-47(21-15-13-2)32-23-31-40(52)35-34(32)36-42(29(8)39(35)51)58-45(10,43(36)53)56-22-19-33(55-11)26(5)41(57-30(9)48)28(7)38(50)27(6)37(49)24(3)17-16-18-25(4)44(54)46-31/h16-19,22-24,26-28,33,37-38,41,49-52H,12-15,20-21H2,1-11H3,(H,46,54)/b17-16+,22-19+,25-18-/t24-,26-,27-,28-,33+,37-,38+,41-,45+/m1/s1. The van der Waals surface area contributed by atoms with Crippen LogP contribution in [0, 0.1) is 30.6 Å². The first-order valence-electron chi connectivity index (χ1n) is 20.5. The molecule has 3 aliphatic heterocycles. The van der Waals surface area contributed by atoms with Gasteiger partial charge in [0.25, 0.3) is 11.7 Å². The third-order valence-corrected chi connectivity index (χ3v) is 11.7. The summed E-state index contributed by atoms with van der Waals surface area (Å²) in [6, 6.07) is 1.64. The topological polar surface area (TPSA) is 184 Å². The van der Waals surface area contributed by atoms with Crippen molar-refractivity contribution in [2.24, 2.45) is 23.7 Å². The highest BCUT2D eigenvalue weighted by Crippen LogP contribution is 2.54. The number of fused-ring (bicyclic) bond motifs is 14. The number of aliphatic hydroxyl groups excluding tert-OH is 2. The average molecular weight is 809 g/mol. The molecule has 0 saturated heterocycles. The number of Topliss-reactive ketones (excluding diaryl/α,β-unsaturated/α-hetero) is 1. The van der Waals surface area contributed by atoms with E-state index >= 15 is 0 Å². The van der Waals surface area contributed by atoms with Gasteiger partial charge in [-0.2, -0.15) is 0 Å². The van der Waals surface area contributed by atoms with Crippen molar-refractivity contribution in [1.29, 1.82) is 0 Å². The maximum absolute atomic E-state index is 14.7. The molecule has 2 aromatic carbocycles. The molecule has 2 aromatic rings. The average Bonchev–Trinajstić information content (AvgIpc) is 3.45. The van der Waals surface area contributed by atoms with Gasteiger partial charge in [-0.3, -0.25) is 14.4 Å². The number of anilines is 2. The largest absolute Gasteiger partial charge is 0.507 e. The van der Waals surface area contributed by atoms with Crippen LogP contribution in [0.25, 0.3) is 10.8 Å². The fourth-order valence-corrected chi connectivity index (χ4v) is 7.95. The van der Waals surface area contributed by atoms with Crippen molar-refractivity contribution in [3.63, 3.8) is 0 Å². The van der Waals surface area contributed by atoms with Crippen LogP contribution in [0.4, 0.5) is 11.4 Å². The van der Waals surface area contributed by atoms with Crippen LogP contribution in [-0.2, 0) is 23.8 Å². The highest BCUT2D eigenvalue weighted by molar-refractivity contribution is 6.23. The zero-order valence-corrected chi connectivity index (χ0v) is 35.9. The summed E-state index contributed by atoms with van der Waals surface area (Å²) in [7, 11) is 1.48. The summed E-state index contributed by atoms with van der Waals surface area (Å²) >= 11 is 0. The van der Waals surface area contributed by atoms with Gasteiger partial charge in [0, 0.05) is 79.9 Å². The van der Waals surface area contributed by atoms with E-state index in [9.17, 15) is 34.8 Å². The summed E-state index contributed by atoms with van der Waals surface area (Å²) in [5.41, 5.74) is 1.18. The zero-order chi connectivity index (χ0) is 43.2. The van der Waals surface area contributed by atoms with Gasteiger partial charge in [0.05, 0.1) is 41.2 Å². The lowest BCUT2D eigenvalue weighted by molar-refractivity contribution is -0.160. The third-order valence-electron chi connectivity index (χ3n) is 11.7. The Hall–Kier alpha value is -4.59. The molecule has 0 saturated carbocycles. The van der Waals surface area contributed by atoms with E-state index < -0.39 is 77.3 Å². The van der Waals surface area contributed by atoms with Gasteiger partial charge in [-0.15, -0.1) is 0 Å². The number of rotatable bonds is 9. The molecule has 13 nitrogen and oxygen atoms in total. The molecule has 5 bridgehead atoms. The lowest BCUT2D eigenvalue weighted by Crippen LogP contribution is -2.46. The summed E-state index contributed by atoms with van der Waals surface area (Å²) in [5.74, 6) is -6.49. The number of esters is 1. The van der Waals surface area contributed by atoms with Crippen LogP contribution in [0.5, 0.6) is 17.2 Å². The van der Waals surface area contributed by atoms with Crippen molar-refractivity contribution in [3.05, 3.63) is 53.3 Å². The van der Waals surface area contributed by atoms with E-state index in [1.54, 1.807) is 71.9 Å². The van der Waals surface area contributed by atoms with E-state index in [0.29, 0.717) is 18.8 Å². The molecule has 0 aromatic heterocycles. The normalized spacial score (nSPS) is 30.3. The Labute approximate surface area is 342 Å². The summed E-state index contributed by atoms with van der Waals surface area (Å²) in [4.78, 5) is 42.8. The molecule has 0 fully saturated rings. The SMILES string of the molecule is CCCCN(CCCC)c1cc2c(O)c3c(O)c(C)c4c(c13)C(=O)[C@@](C)(O/C=C/[C@H](OC)[C@@H](C)[C@@H](OC(C)=O)[C@H](C)[C@@H](O)[C@H](C)[C@H](O)[C@H](C)/C=C/C=C(/C)C(=O)N2)O4. The number of nitrogens with zero attached hydrogens (tertiary/aromatic N) is 1. The van der Waals surface area contributed by atoms with Crippen molar-refractivity contribution >= 4 is 39.8 Å². The van der Waals surface area contributed by atoms with E-state index in [2.05, 4.69) is 24.1 Å². The second-order valence-electron chi connectivity index (χ2n) is 16.1. The van der Waals surface area contributed by atoms with Gasteiger partial charge in [-0.1, -0.05) is 72.6 Å². The van der Waals surface area contributed by atoms with E-state index in [1.165, 1.54) is 27.2 Å². The Morgan fingerprint density at radius 3 is 2.16 bits per heavy atom. The van der Waals surface area contributed by atoms with E-state index in [1.807, 2.05) is 0 Å². The summed E-state index contributed by atoms with van der Waals surface area (Å²) in [6.07, 6.45) is 7.50. The molecular weight excluding hydrogens is 744 g/mol. The van der Waals surface area contributed by atoms with Gasteiger partial charge in [-0.05, 0) is 38.8 Å². The maximum atomic E-state index is 14.7. The molecule has 3 heterocycles. The number of carbonyl (C=O) groups excluding carboxylic acids is 3. The van der Waals surface area contributed by atoms with Crippen molar-refractivity contribution in [2.75, 3.05) is 30.4 Å². The molecule has 13 heteroatoms. The number of benzene rings is 2. The predicted octanol–water partition coefficient (Wildman–Crippen LogP) is 7.46. The Morgan fingerprint density at radius 2 is 1.57 bits per heavy atom. The van der Waals surface area contributed by atoms with Gasteiger partial charge in [0.1, 0.15) is 17.6 Å². The molecule has 0 radical (unpaired) electrons. The predicted molar refractivity (Wildman–Crippen MR) is 224 cm³/mol. The molecule has 3 aliphatic rings. The molecule has 0 spiro atoms. The summed E-state index contributed by atoms with van der Waals surface area (Å²) < 4.78 is 24.0. The molecule has 0 aliphatic carbocycles. The second-order valence-corrected chi connectivity index (χ2v) is 16.1. The van der Waals surface area contributed by atoms with Crippen LogP contribution in [-0.4, -0.2) is 88.5 Å². The lowest BCUT2D eigenvalue weighted by atomic mass is 9.78. The van der Waals surface area contributed by atoms with E-state index in [4.69, 9.17) is 18.9 Å². The van der Waals surface area contributed by atoms with E-state index in [-0.39, 0.29) is 44.7 Å². The van der Waals surface area contributed by atoms with Crippen LogP contribution in [0.1, 0.15) is 104 Å². The quantitative estimate of drug-likeness (QED) is 0.125. The van der Waals surface area contributed by atoms with E-state index in [0.717, 1.165) is 25.7 Å². The van der Waals surface area contributed by atoms with Crippen molar-refractivity contribution < 1.29 is 53.8 Å². The Morgan fingerprint density at radius 1 is 0.931 bits per heavy atom. The van der Waals surface area contributed by atoms with Crippen LogP contribution in [0.15, 0.2) is 42.2 Å². The summed E-state index contributed by atoms with van der Waals surface area (Å²) in [6.45, 7) is 18.3. The molecule has 5 N–H and O–H groups in total. The monoisotopic (exact) mass is 808 g/mol. The molecule has 0 unspecified atom stereocenters. The fraction of sp³-hybridized carbons (Fsp3) is 0.578. The summed E-state index contributed by atoms with van der Waals surface area (Å²) in [5, 5.41) is 49.6. The first kappa shape index (κ1) is 46.1. The number of aromatic hydroxyl groups is 2. The van der Waals surface area contributed by atoms with Crippen LogP contribution in [0.3, 0.4) is 0 Å². The highest BCUT2D eigenvalue weighted by Gasteiger charge is 2.49. The number of amides is 1. The van der Waals surface area contributed by atoms with Gasteiger partial charge >= 0.3 is 11.8 Å². The molecule has 58 heavy (non-hydrogen) atoms. The maximum Gasteiger partial charge on any atom is 0.312 e. The number of carbonyl (C=O) groups is 3. The van der Waals surface area contributed by atoms with Crippen molar-refractivity contribution in [2.45, 2.75) is 125 Å². The van der Waals surface area contributed by atoms with Gasteiger partial charge in [0.15, 0.2) is 5.75 Å². The molecule has 9 atom stereocenters. The second kappa shape index (κ2) is 19.4. The number of ketones is 1. The number of methoxy groups -OCH3 is 1. The number of phenols is 2. The van der Waals surface area contributed by atoms with Crippen LogP contribution in [0.2, 0.25) is 0 Å². The van der Waals surface area contributed by atoms with Gasteiger partial charge in [0.2, 0.25) is 0 Å². The van der Waals surface area contributed by atoms with Crippen molar-refractivity contribution in [3.8, 4) is 17.2 Å². The number of nitrogens with one attached hydrogen (secondary N) is 1. The van der Waals surface area contributed by atoms with Crippen molar-refractivity contribution in [1.82, 2.24) is 0 Å². The highest BCUT2D eigenvalue weighted by atomic mass is 16.7. The first-order valence-corrected chi connectivity index (χ1v) is 20.5. The van der Waals surface area contributed by atoms with Crippen LogP contribution >= 0.6 is 0 Å². The van der Waals surface area contributed by atoms with Crippen LogP contribution < -0.4 is 15.0 Å². The zero-order valence-electron chi connectivity index (χ0n) is 35.9. The van der Waals surface area contributed by atoms with Gasteiger partial charge < -0.3 is 49.6 Å². The molecule has 1 amide bonds. The Bertz CT molecular complexity index is 1910. The Kier molecular flexibility index (Phi) is 15.5. The smallest absolute Gasteiger partial charge is 0.312 e. The number of phenolic OH excluding ortho intramolecular Hbond substituents is 2. The molecule has 320 valence electrons. The molecular formula is C45H64N2O11. The third kappa shape index (κ3) is 9.48.